The normalized spacial score (nSPS) is 20.3. The number of nitrogens with one attached hydrogen (secondary N) is 1. The summed E-state index contributed by atoms with van der Waals surface area (Å²) in [5, 5.41) is 3.16. The molecule has 0 heterocycles. The maximum absolute atomic E-state index is 12.6. The van der Waals surface area contributed by atoms with Gasteiger partial charge in [-0.2, -0.15) is 0 Å². The largest absolute Gasteiger partial charge is 0.319 e. The molecule has 2 aliphatic carbocycles. The first-order valence-electron chi connectivity index (χ1n) is 7.06. The van der Waals surface area contributed by atoms with E-state index in [4.69, 9.17) is 0 Å². The second-order valence-corrected chi connectivity index (χ2v) is 5.83. The van der Waals surface area contributed by atoms with Crippen molar-refractivity contribution in [3.63, 3.8) is 0 Å². The van der Waals surface area contributed by atoms with E-state index in [0.717, 1.165) is 31.4 Å². The Kier molecular flexibility index (Phi) is 2.98. The van der Waals surface area contributed by atoms with Crippen LogP contribution in [0.25, 0.3) is 0 Å². The minimum atomic E-state index is -0.0857. The van der Waals surface area contributed by atoms with Crippen LogP contribution < -0.4 is 5.32 Å². The van der Waals surface area contributed by atoms with Gasteiger partial charge in [0, 0.05) is 17.5 Å². The van der Waals surface area contributed by atoms with Crippen LogP contribution in [-0.4, -0.2) is 19.4 Å². The SMILES string of the molecule is CNCC1(C(=O)c2ccc3c(c2)CCCC3)CC1. The second-order valence-electron chi connectivity index (χ2n) is 5.83. The first kappa shape index (κ1) is 11.9. The molecular weight excluding hydrogens is 222 g/mol. The molecule has 1 saturated carbocycles. The second kappa shape index (κ2) is 4.51. The van der Waals surface area contributed by atoms with E-state index in [1.807, 2.05) is 13.1 Å². The molecule has 0 atom stereocenters. The van der Waals surface area contributed by atoms with E-state index >= 15 is 0 Å². The molecule has 96 valence electrons. The van der Waals surface area contributed by atoms with Crippen molar-refractivity contribution in [3.05, 3.63) is 34.9 Å². The minimum absolute atomic E-state index is 0.0857. The summed E-state index contributed by atoms with van der Waals surface area (Å²) >= 11 is 0. The van der Waals surface area contributed by atoms with Crippen LogP contribution in [0.1, 0.15) is 47.2 Å². The van der Waals surface area contributed by atoms with Gasteiger partial charge in [-0.25, -0.2) is 0 Å². The smallest absolute Gasteiger partial charge is 0.170 e. The van der Waals surface area contributed by atoms with Crippen molar-refractivity contribution in [2.75, 3.05) is 13.6 Å². The number of fused-ring (bicyclic) bond motifs is 1. The number of ketones is 1. The van der Waals surface area contributed by atoms with Gasteiger partial charge in [0.05, 0.1) is 0 Å². The predicted molar refractivity (Wildman–Crippen MR) is 73.0 cm³/mol. The van der Waals surface area contributed by atoms with Crippen LogP contribution in [0.4, 0.5) is 0 Å². The topological polar surface area (TPSA) is 29.1 Å². The van der Waals surface area contributed by atoms with Crippen LogP contribution in [0, 0.1) is 5.41 Å². The first-order valence-corrected chi connectivity index (χ1v) is 7.06. The summed E-state index contributed by atoms with van der Waals surface area (Å²) in [7, 11) is 1.93. The number of rotatable bonds is 4. The number of hydrogen-bond donors (Lipinski definition) is 1. The Balaban J connectivity index is 1.86. The number of hydrogen-bond acceptors (Lipinski definition) is 2. The molecule has 0 bridgehead atoms. The van der Waals surface area contributed by atoms with Crippen LogP contribution in [0.5, 0.6) is 0 Å². The van der Waals surface area contributed by atoms with Crippen molar-refractivity contribution in [1.29, 1.82) is 0 Å². The summed E-state index contributed by atoms with van der Waals surface area (Å²) in [6.07, 6.45) is 6.99. The van der Waals surface area contributed by atoms with E-state index in [-0.39, 0.29) is 5.41 Å². The zero-order chi connectivity index (χ0) is 12.6. The Hall–Kier alpha value is -1.15. The molecular formula is C16H21NO. The zero-order valence-electron chi connectivity index (χ0n) is 11.1. The van der Waals surface area contributed by atoms with E-state index < -0.39 is 0 Å². The molecule has 0 amide bonds. The lowest BCUT2D eigenvalue weighted by Gasteiger charge is -2.18. The van der Waals surface area contributed by atoms with Crippen molar-refractivity contribution in [3.8, 4) is 0 Å². The van der Waals surface area contributed by atoms with Gasteiger partial charge in [-0.1, -0.05) is 12.1 Å². The molecule has 2 heteroatoms. The Morgan fingerprint density at radius 1 is 1.22 bits per heavy atom. The Morgan fingerprint density at radius 2 is 1.94 bits per heavy atom. The van der Waals surface area contributed by atoms with Gasteiger partial charge in [-0.15, -0.1) is 0 Å². The lowest BCUT2D eigenvalue weighted by Crippen LogP contribution is -2.28. The maximum Gasteiger partial charge on any atom is 0.170 e. The third-order valence-corrected chi connectivity index (χ3v) is 4.46. The number of Topliss-reactive ketones (excluding diaryl/α,β-unsaturated/α-hetero) is 1. The summed E-state index contributed by atoms with van der Waals surface area (Å²) in [6.45, 7) is 0.822. The van der Waals surface area contributed by atoms with Gasteiger partial charge in [0.15, 0.2) is 5.78 Å². The van der Waals surface area contributed by atoms with E-state index in [0.29, 0.717) is 5.78 Å². The van der Waals surface area contributed by atoms with E-state index in [1.54, 1.807) is 0 Å². The van der Waals surface area contributed by atoms with Gasteiger partial charge in [-0.05, 0) is 62.8 Å². The molecule has 1 aromatic carbocycles. The molecule has 3 rings (SSSR count). The molecule has 0 spiro atoms. The molecule has 1 fully saturated rings. The van der Waals surface area contributed by atoms with Crippen LogP contribution in [0.15, 0.2) is 18.2 Å². The third-order valence-electron chi connectivity index (χ3n) is 4.46. The summed E-state index contributed by atoms with van der Waals surface area (Å²) < 4.78 is 0. The van der Waals surface area contributed by atoms with Crippen LogP contribution in [0.2, 0.25) is 0 Å². The molecule has 0 saturated heterocycles. The Bertz CT molecular complexity index is 474. The summed E-state index contributed by atoms with van der Waals surface area (Å²) in [5.41, 5.74) is 3.71. The molecule has 1 N–H and O–H groups in total. The standard InChI is InChI=1S/C16H21NO/c1-17-11-16(8-9-16)15(18)14-7-6-12-4-2-3-5-13(12)10-14/h6-7,10,17H,2-5,8-9,11H2,1H3. The number of carbonyl (C=O) groups excluding carboxylic acids is 1. The predicted octanol–water partition coefficient (Wildman–Crippen LogP) is 2.75. The fraction of sp³-hybridized carbons (Fsp3) is 0.562. The number of benzene rings is 1. The van der Waals surface area contributed by atoms with E-state index in [2.05, 4.69) is 17.4 Å². The van der Waals surface area contributed by atoms with Gasteiger partial charge in [0.25, 0.3) is 0 Å². The first-order chi connectivity index (χ1) is 8.75. The van der Waals surface area contributed by atoms with Crippen molar-refractivity contribution >= 4 is 5.78 Å². The highest BCUT2D eigenvalue weighted by molar-refractivity contribution is 6.02. The Morgan fingerprint density at radius 3 is 2.61 bits per heavy atom. The van der Waals surface area contributed by atoms with E-state index in [9.17, 15) is 4.79 Å². The van der Waals surface area contributed by atoms with Crippen molar-refractivity contribution < 1.29 is 4.79 Å². The minimum Gasteiger partial charge on any atom is -0.319 e. The Labute approximate surface area is 109 Å². The van der Waals surface area contributed by atoms with Gasteiger partial charge in [-0.3, -0.25) is 4.79 Å². The molecule has 0 unspecified atom stereocenters. The summed E-state index contributed by atoms with van der Waals surface area (Å²) in [4.78, 5) is 12.6. The van der Waals surface area contributed by atoms with Crippen molar-refractivity contribution in [1.82, 2.24) is 5.32 Å². The summed E-state index contributed by atoms with van der Waals surface area (Å²) in [5.74, 6) is 0.352. The maximum atomic E-state index is 12.6. The summed E-state index contributed by atoms with van der Waals surface area (Å²) in [6, 6.07) is 6.38. The third kappa shape index (κ3) is 1.99. The van der Waals surface area contributed by atoms with Crippen molar-refractivity contribution in [2.24, 2.45) is 5.41 Å². The van der Waals surface area contributed by atoms with Crippen LogP contribution >= 0.6 is 0 Å². The van der Waals surface area contributed by atoms with Gasteiger partial charge < -0.3 is 5.32 Å². The molecule has 2 aliphatic rings. The highest BCUT2D eigenvalue weighted by atomic mass is 16.1. The monoisotopic (exact) mass is 243 g/mol. The van der Waals surface area contributed by atoms with Crippen molar-refractivity contribution in [2.45, 2.75) is 38.5 Å². The molecule has 0 aliphatic heterocycles. The van der Waals surface area contributed by atoms with Gasteiger partial charge >= 0.3 is 0 Å². The molecule has 0 aromatic heterocycles. The lowest BCUT2D eigenvalue weighted by atomic mass is 9.87. The van der Waals surface area contributed by atoms with Gasteiger partial charge in [0.1, 0.15) is 0 Å². The number of carbonyl (C=O) groups is 1. The zero-order valence-corrected chi connectivity index (χ0v) is 11.1. The van der Waals surface area contributed by atoms with Crippen LogP contribution in [-0.2, 0) is 12.8 Å². The van der Waals surface area contributed by atoms with E-state index in [1.165, 1.54) is 30.4 Å². The highest BCUT2D eigenvalue weighted by Gasteiger charge is 2.49. The van der Waals surface area contributed by atoms with Crippen LogP contribution in [0.3, 0.4) is 0 Å². The fourth-order valence-electron chi connectivity index (χ4n) is 3.15. The molecule has 1 aromatic rings. The number of aryl methyl sites for hydroxylation is 2. The van der Waals surface area contributed by atoms with Gasteiger partial charge in [0.2, 0.25) is 0 Å². The molecule has 2 nitrogen and oxygen atoms in total. The fourth-order valence-corrected chi connectivity index (χ4v) is 3.15. The highest BCUT2D eigenvalue weighted by Crippen LogP contribution is 2.47. The quantitative estimate of drug-likeness (QED) is 0.824. The average Bonchev–Trinajstić information content (AvgIpc) is 3.19. The molecule has 18 heavy (non-hydrogen) atoms. The average molecular weight is 243 g/mol. The molecule has 0 radical (unpaired) electrons. The lowest BCUT2D eigenvalue weighted by molar-refractivity contribution is 0.0900.